The fraction of sp³-hybridized carbons (Fsp3) is 0.423. The van der Waals surface area contributed by atoms with Gasteiger partial charge in [-0.15, -0.1) is 0 Å². The highest BCUT2D eigenvalue weighted by molar-refractivity contribution is 6.08. The molecular formula is C26H32N4O4. The first kappa shape index (κ1) is 23.6. The topological polar surface area (TPSA) is 96.4 Å². The number of ether oxygens (including phenoxy) is 1. The quantitative estimate of drug-likeness (QED) is 0.585. The number of amides is 2. The van der Waals surface area contributed by atoms with Crippen molar-refractivity contribution in [2.45, 2.75) is 46.2 Å². The Morgan fingerprint density at radius 1 is 1.26 bits per heavy atom. The number of fused-ring (bicyclic) bond motifs is 1. The van der Waals surface area contributed by atoms with Gasteiger partial charge in [0, 0.05) is 48.3 Å². The lowest BCUT2D eigenvalue weighted by atomic mass is 9.89. The minimum atomic E-state index is -0.281. The van der Waals surface area contributed by atoms with Gasteiger partial charge in [0.05, 0.1) is 24.8 Å². The third-order valence-corrected chi connectivity index (χ3v) is 7.05. The first-order valence-electron chi connectivity index (χ1n) is 11.6. The van der Waals surface area contributed by atoms with Gasteiger partial charge in [0.2, 0.25) is 5.91 Å². The van der Waals surface area contributed by atoms with Gasteiger partial charge in [-0.2, -0.15) is 0 Å². The average molecular weight is 465 g/mol. The summed E-state index contributed by atoms with van der Waals surface area (Å²) in [5.41, 5.74) is 3.19. The minimum absolute atomic E-state index is 0.0512. The van der Waals surface area contributed by atoms with E-state index in [1.54, 1.807) is 17.9 Å². The maximum Gasteiger partial charge on any atom is 0.256 e. The molecule has 0 bridgehead atoms. The van der Waals surface area contributed by atoms with Gasteiger partial charge in [0.15, 0.2) is 0 Å². The molecular weight excluding hydrogens is 432 g/mol. The van der Waals surface area contributed by atoms with E-state index in [-0.39, 0.29) is 35.9 Å². The fourth-order valence-electron chi connectivity index (χ4n) is 5.08. The van der Waals surface area contributed by atoms with Crippen molar-refractivity contribution >= 4 is 22.7 Å². The maximum atomic E-state index is 13.4. The predicted octanol–water partition coefficient (Wildman–Crippen LogP) is 3.31. The number of piperidine rings is 1. The predicted molar refractivity (Wildman–Crippen MR) is 131 cm³/mol. The molecule has 0 radical (unpaired) electrons. The molecule has 0 aliphatic carbocycles. The highest BCUT2D eigenvalue weighted by Gasteiger charge is 2.31. The number of pyridine rings is 1. The van der Waals surface area contributed by atoms with Gasteiger partial charge < -0.3 is 24.5 Å². The molecule has 1 aromatic carbocycles. The Morgan fingerprint density at radius 2 is 2.00 bits per heavy atom. The van der Waals surface area contributed by atoms with E-state index in [4.69, 9.17) is 4.74 Å². The fourth-order valence-corrected chi connectivity index (χ4v) is 5.08. The van der Waals surface area contributed by atoms with Crippen LogP contribution < -0.4 is 15.6 Å². The standard InChI is InChI=1S/C26H32N4O4/c1-15-12-22(34-5)20(25(32)28-15)14-27-26(33)24-17(3)30(21-9-7-6-8-19(21)24)16(2)18-10-11-29(4)23(31)13-18/h6-9,12,16,18H,10-11,13-14H2,1-5H3,(H,27,33)(H,28,32). The zero-order valence-corrected chi connectivity index (χ0v) is 20.4. The number of hydrogen-bond acceptors (Lipinski definition) is 4. The van der Waals surface area contributed by atoms with Crippen LogP contribution in [-0.4, -0.2) is 47.0 Å². The number of aromatic amines is 1. The Balaban J connectivity index is 1.67. The van der Waals surface area contributed by atoms with E-state index in [2.05, 4.69) is 21.8 Å². The zero-order chi connectivity index (χ0) is 24.6. The molecule has 3 heterocycles. The van der Waals surface area contributed by atoms with E-state index in [1.165, 1.54) is 7.11 Å². The first-order valence-corrected chi connectivity index (χ1v) is 11.6. The van der Waals surface area contributed by atoms with Crippen molar-refractivity contribution in [1.82, 2.24) is 19.8 Å². The Labute approximate surface area is 198 Å². The molecule has 0 saturated carbocycles. The van der Waals surface area contributed by atoms with Crippen LogP contribution in [-0.2, 0) is 11.3 Å². The van der Waals surface area contributed by atoms with Crippen LogP contribution in [0.3, 0.4) is 0 Å². The van der Waals surface area contributed by atoms with E-state index in [9.17, 15) is 14.4 Å². The van der Waals surface area contributed by atoms with Crippen molar-refractivity contribution in [3.63, 3.8) is 0 Å². The molecule has 2 amide bonds. The second-order valence-corrected chi connectivity index (χ2v) is 9.17. The Morgan fingerprint density at radius 3 is 2.71 bits per heavy atom. The van der Waals surface area contributed by atoms with E-state index in [0.29, 0.717) is 29.0 Å². The summed E-state index contributed by atoms with van der Waals surface area (Å²) in [6.45, 7) is 6.65. The molecule has 0 spiro atoms. The number of nitrogens with zero attached hydrogens (tertiary/aromatic N) is 2. The number of nitrogens with one attached hydrogen (secondary N) is 2. The third kappa shape index (κ3) is 4.20. The highest BCUT2D eigenvalue weighted by Crippen LogP contribution is 2.35. The molecule has 2 unspecified atom stereocenters. The van der Waals surface area contributed by atoms with Gasteiger partial charge in [0.1, 0.15) is 5.75 Å². The largest absolute Gasteiger partial charge is 0.496 e. The van der Waals surface area contributed by atoms with Crippen LogP contribution in [0.25, 0.3) is 10.9 Å². The normalized spacial score (nSPS) is 17.1. The van der Waals surface area contributed by atoms with Crippen molar-refractivity contribution in [2.24, 2.45) is 5.92 Å². The van der Waals surface area contributed by atoms with Gasteiger partial charge in [-0.3, -0.25) is 14.4 Å². The number of carbonyl (C=O) groups is 2. The lowest BCUT2D eigenvalue weighted by Gasteiger charge is -2.34. The third-order valence-electron chi connectivity index (χ3n) is 7.05. The zero-order valence-electron chi connectivity index (χ0n) is 20.4. The summed E-state index contributed by atoms with van der Waals surface area (Å²) in [6.07, 6.45) is 1.42. The monoisotopic (exact) mass is 464 g/mol. The van der Waals surface area contributed by atoms with Crippen LogP contribution in [0.2, 0.25) is 0 Å². The van der Waals surface area contributed by atoms with Crippen LogP contribution in [0.1, 0.15) is 53.1 Å². The number of aromatic nitrogens is 2. The molecule has 8 nitrogen and oxygen atoms in total. The van der Waals surface area contributed by atoms with Crippen molar-refractivity contribution in [1.29, 1.82) is 0 Å². The molecule has 2 N–H and O–H groups in total. The Kier molecular flexibility index (Phi) is 6.50. The summed E-state index contributed by atoms with van der Waals surface area (Å²) in [5, 5.41) is 3.77. The second kappa shape index (κ2) is 9.37. The summed E-state index contributed by atoms with van der Waals surface area (Å²) in [5.74, 6) is 0.555. The number of hydrogen-bond donors (Lipinski definition) is 2. The van der Waals surface area contributed by atoms with E-state index in [0.717, 1.165) is 29.6 Å². The molecule has 1 aliphatic rings. The van der Waals surface area contributed by atoms with Gasteiger partial charge in [0.25, 0.3) is 11.5 Å². The molecule has 8 heteroatoms. The van der Waals surface area contributed by atoms with Crippen molar-refractivity contribution in [3.05, 3.63) is 63.2 Å². The maximum absolute atomic E-state index is 13.4. The molecule has 1 aliphatic heterocycles. The van der Waals surface area contributed by atoms with E-state index < -0.39 is 0 Å². The molecule has 34 heavy (non-hydrogen) atoms. The van der Waals surface area contributed by atoms with Crippen molar-refractivity contribution in [2.75, 3.05) is 20.7 Å². The smallest absolute Gasteiger partial charge is 0.256 e. The van der Waals surface area contributed by atoms with Crippen molar-refractivity contribution < 1.29 is 14.3 Å². The summed E-state index contributed by atoms with van der Waals surface area (Å²) in [6, 6.07) is 9.64. The van der Waals surface area contributed by atoms with E-state index in [1.807, 2.05) is 38.2 Å². The molecule has 2 atom stereocenters. The molecule has 1 fully saturated rings. The SMILES string of the molecule is COc1cc(C)[nH]c(=O)c1CNC(=O)c1c(C)n(C(C)C2CCN(C)C(=O)C2)c2ccccc12. The number of carbonyl (C=O) groups excluding carboxylic acids is 2. The number of rotatable bonds is 6. The summed E-state index contributed by atoms with van der Waals surface area (Å²) < 4.78 is 7.54. The summed E-state index contributed by atoms with van der Waals surface area (Å²) in [4.78, 5) is 42.7. The number of para-hydroxylation sites is 1. The number of H-pyrrole nitrogens is 1. The van der Waals surface area contributed by atoms with Crippen LogP contribution in [0.5, 0.6) is 5.75 Å². The molecule has 4 rings (SSSR count). The van der Waals surface area contributed by atoms with Gasteiger partial charge >= 0.3 is 0 Å². The highest BCUT2D eigenvalue weighted by atomic mass is 16.5. The van der Waals surface area contributed by atoms with Crippen LogP contribution in [0, 0.1) is 19.8 Å². The summed E-state index contributed by atoms with van der Waals surface area (Å²) >= 11 is 0. The van der Waals surface area contributed by atoms with Gasteiger partial charge in [-0.25, -0.2) is 0 Å². The molecule has 180 valence electrons. The number of likely N-dealkylation sites (tertiary alicyclic amines) is 1. The molecule has 2 aromatic heterocycles. The number of methoxy groups -OCH3 is 1. The van der Waals surface area contributed by atoms with E-state index >= 15 is 0 Å². The number of aryl methyl sites for hydroxylation is 1. The van der Waals surface area contributed by atoms with Gasteiger partial charge in [-0.1, -0.05) is 18.2 Å². The first-order chi connectivity index (χ1) is 16.2. The number of benzene rings is 1. The van der Waals surface area contributed by atoms with Crippen LogP contribution in [0.4, 0.5) is 0 Å². The summed E-state index contributed by atoms with van der Waals surface area (Å²) in [7, 11) is 3.35. The lowest BCUT2D eigenvalue weighted by Crippen LogP contribution is -2.38. The Bertz CT molecular complexity index is 1310. The lowest BCUT2D eigenvalue weighted by molar-refractivity contribution is -0.134. The second-order valence-electron chi connectivity index (χ2n) is 9.17. The van der Waals surface area contributed by atoms with Crippen LogP contribution in [0.15, 0.2) is 35.1 Å². The van der Waals surface area contributed by atoms with Gasteiger partial charge in [-0.05, 0) is 45.2 Å². The Hall–Kier alpha value is -3.55. The van der Waals surface area contributed by atoms with Crippen LogP contribution >= 0.6 is 0 Å². The average Bonchev–Trinajstić information content (AvgIpc) is 3.10. The minimum Gasteiger partial charge on any atom is -0.496 e. The van der Waals surface area contributed by atoms with Crippen molar-refractivity contribution in [3.8, 4) is 5.75 Å². The molecule has 1 saturated heterocycles. The molecule has 3 aromatic rings.